The van der Waals surface area contributed by atoms with E-state index >= 15 is 0 Å². The number of phenols is 1. The van der Waals surface area contributed by atoms with Gasteiger partial charge in [0.2, 0.25) is 0 Å². The first-order chi connectivity index (χ1) is 11.9. The highest BCUT2D eigenvalue weighted by Crippen LogP contribution is 2.55. The fourth-order valence-corrected chi connectivity index (χ4v) is 4.30. The first kappa shape index (κ1) is 18.1. The van der Waals surface area contributed by atoms with E-state index in [9.17, 15) is 5.11 Å². The second-order valence-corrected chi connectivity index (χ2v) is 9.47. The van der Waals surface area contributed by atoms with Crippen molar-refractivity contribution in [3.8, 4) is 11.5 Å². The summed E-state index contributed by atoms with van der Waals surface area (Å²) >= 11 is 5.46. The summed E-state index contributed by atoms with van der Waals surface area (Å²) in [7, 11) is 0. The van der Waals surface area contributed by atoms with Gasteiger partial charge in [-0.05, 0) is 24.3 Å². The second kappa shape index (κ2) is 7.26. The standard InChI is InChI=1S/C18H20NO4PS/c1-18(2)12-21-24(25,22-13-18)23-17-10-6-3-7-14(17)11-19-15-8-4-5-9-16(15)20/h3-11,20H,12-13H2,1-2H3. The fourth-order valence-electron chi connectivity index (χ4n) is 2.14. The number of aliphatic imine (C=N–C) groups is 1. The lowest BCUT2D eigenvalue weighted by Gasteiger charge is -2.35. The van der Waals surface area contributed by atoms with Crippen LogP contribution in [0.15, 0.2) is 53.5 Å². The first-order valence-electron chi connectivity index (χ1n) is 7.87. The minimum Gasteiger partial charge on any atom is -0.506 e. The summed E-state index contributed by atoms with van der Waals surface area (Å²) in [6.07, 6.45) is 1.62. The molecule has 132 valence electrons. The topological polar surface area (TPSA) is 60.3 Å². The highest BCUT2D eigenvalue weighted by molar-refractivity contribution is 8.07. The van der Waals surface area contributed by atoms with Crippen LogP contribution in [-0.4, -0.2) is 24.5 Å². The maximum atomic E-state index is 9.81. The minimum atomic E-state index is -2.83. The average molecular weight is 377 g/mol. The normalized spacial score (nSPS) is 19.0. The molecule has 7 heteroatoms. The molecule has 0 unspecified atom stereocenters. The quantitative estimate of drug-likeness (QED) is 0.611. The predicted molar refractivity (Wildman–Crippen MR) is 102 cm³/mol. The van der Waals surface area contributed by atoms with E-state index in [-0.39, 0.29) is 11.2 Å². The Balaban J connectivity index is 1.80. The molecule has 2 aromatic rings. The van der Waals surface area contributed by atoms with Gasteiger partial charge in [-0.1, -0.05) is 38.1 Å². The molecular formula is C18H20NO4PS. The van der Waals surface area contributed by atoms with Crippen LogP contribution in [0, 0.1) is 5.41 Å². The lowest BCUT2D eigenvalue weighted by Crippen LogP contribution is -2.30. The van der Waals surface area contributed by atoms with E-state index < -0.39 is 6.72 Å². The van der Waals surface area contributed by atoms with Gasteiger partial charge in [0, 0.05) is 29.0 Å². The van der Waals surface area contributed by atoms with Crippen LogP contribution >= 0.6 is 6.72 Å². The Morgan fingerprint density at radius 2 is 1.76 bits per heavy atom. The lowest BCUT2D eigenvalue weighted by atomic mass is 9.97. The van der Waals surface area contributed by atoms with E-state index in [2.05, 4.69) is 18.8 Å². The zero-order valence-electron chi connectivity index (χ0n) is 14.1. The van der Waals surface area contributed by atoms with Gasteiger partial charge < -0.3 is 9.63 Å². The van der Waals surface area contributed by atoms with Crippen LogP contribution in [-0.2, 0) is 20.9 Å². The molecule has 0 atom stereocenters. The molecular weight excluding hydrogens is 357 g/mol. The molecule has 1 aliphatic rings. The molecule has 0 saturated carbocycles. The summed E-state index contributed by atoms with van der Waals surface area (Å²) in [6.45, 7) is 2.28. The average Bonchev–Trinajstić information content (AvgIpc) is 2.59. The smallest absolute Gasteiger partial charge is 0.380 e. The Kier molecular flexibility index (Phi) is 5.25. The highest BCUT2D eigenvalue weighted by atomic mass is 32.5. The third kappa shape index (κ3) is 4.67. The van der Waals surface area contributed by atoms with Crippen molar-refractivity contribution in [2.45, 2.75) is 13.8 Å². The third-order valence-corrected chi connectivity index (χ3v) is 5.75. The lowest BCUT2D eigenvalue weighted by molar-refractivity contribution is 0.0407. The summed E-state index contributed by atoms with van der Waals surface area (Å²) in [5.41, 5.74) is 1.14. The summed E-state index contributed by atoms with van der Waals surface area (Å²) in [5.74, 6) is 0.662. The van der Waals surface area contributed by atoms with Crippen molar-refractivity contribution in [2.24, 2.45) is 10.4 Å². The van der Waals surface area contributed by atoms with Gasteiger partial charge in [-0.15, -0.1) is 0 Å². The zero-order chi connectivity index (χ0) is 17.9. The molecule has 0 aliphatic carbocycles. The Labute approximate surface area is 152 Å². The number of nitrogens with zero attached hydrogens (tertiary/aromatic N) is 1. The summed E-state index contributed by atoms with van der Waals surface area (Å²) < 4.78 is 17.4. The van der Waals surface area contributed by atoms with Gasteiger partial charge in [0.25, 0.3) is 0 Å². The van der Waals surface area contributed by atoms with Crippen LogP contribution in [0.2, 0.25) is 0 Å². The number of para-hydroxylation sites is 3. The summed E-state index contributed by atoms with van der Waals surface area (Å²) in [6, 6.07) is 14.2. The molecule has 1 aliphatic heterocycles. The molecule has 0 amide bonds. The highest BCUT2D eigenvalue weighted by Gasteiger charge is 2.35. The van der Waals surface area contributed by atoms with E-state index in [0.29, 0.717) is 24.7 Å². The van der Waals surface area contributed by atoms with Crippen molar-refractivity contribution in [1.82, 2.24) is 0 Å². The molecule has 25 heavy (non-hydrogen) atoms. The Morgan fingerprint density at radius 3 is 2.48 bits per heavy atom. The van der Waals surface area contributed by atoms with Crippen molar-refractivity contribution in [2.75, 3.05) is 13.2 Å². The fraction of sp³-hybridized carbons (Fsp3) is 0.278. The largest absolute Gasteiger partial charge is 0.506 e. The number of hydrogen-bond acceptors (Lipinski definition) is 6. The van der Waals surface area contributed by atoms with Crippen LogP contribution in [0.4, 0.5) is 5.69 Å². The van der Waals surface area contributed by atoms with Crippen LogP contribution in [0.5, 0.6) is 11.5 Å². The molecule has 2 aromatic carbocycles. The van der Waals surface area contributed by atoms with E-state index in [4.69, 9.17) is 25.4 Å². The van der Waals surface area contributed by atoms with Gasteiger partial charge in [-0.3, -0.25) is 14.0 Å². The van der Waals surface area contributed by atoms with Gasteiger partial charge in [-0.25, -0.2) is 0 Å². The molecule has 0 radical (unpaired) electrons. The summed E-state index contributed by atoms with van der Waals surface area (Å²) in [4.78, 5) is 4.32. The van der Waals surface area contributed by atoms with Crippen molar-refractivity contribution in [3.63, 3.8) is 0 Å². The Hall–Kier alpha value is -1.72. The van der Waals surface area contributed by atoms with Crippen LogP contribution in [0.25, 0.3) is 0 Å². The molecule has 3 rings (SSSR count). The number of hydrogen-bond donors (Lipinski definition) is 1. The molecule has 1 heterocycles. The first-order valence-corrected chi connectivity index (χ1v) is 10.4. The van der Waals surface area contributed by atoms with Gasteiger partial charge in [0.05, 0.1) is 13.2 Å². The number of benzene rings is 2. The maximum absolute atomic E-state index is 9.81. The van der Waals surface area contributed by atoms with Crippen molar-refractivity contribution in [1.29, 1.82) is 0 Å². The SMILES string of the molecule is CC1(C)COP(=S)(Oc2ccccc2C=Nc2ccccc2O)OC1. The predicted octanol–water partition coefficient (Wildman–Crippen LogP) is 4.82. The third-order valence-electron chi connectivity index (χ3n) is 3.58. The van der Waals surface area contributed by atoms with Gasteiger partial charge in [-0.2, -0.15) is 0 Å². The number of rotatable bonds is 4. The van der Waals surface area contributed by atoms with E-state index in [1.807, 2.05) is 24.3 Å². The zero-order valence-corrected chi connectivity index (χ0v) is 15.8. The molecule has 1 saturated heterocycles. The molecule has 0 spiro atoms. The van der Waals surface area contributed by atoms with Crippen molar-refractivity contribution in [3.05, 3.63) is 54.1 Å². The molecule has 1 N–H and O–H groups in total. The number of phenolic OH excluding ortho intramolecular Hbond substituents is 1. The van der Waals surface area contributed by atoms with Crippen LogP contribution in [0.1, 0.15) is 19.4 Å². The molecule has 0 aromatic heterocycles. The molecule has 5 nitrogen and oxygen atoms in total. The molecule has 0 bridgehead atoms. The monoisotopic (exact) mass is 377 g/mol. The van der Waals surface area contributed by atoms with Crippen LogP contribution < -0.4 is 4.52 Å². The van der Waals surface area contributed by atoms with Crippen LogP contribution in [0.3, 0.4) is 0 Å². The van der Waals surface area contributed by atoms with E-state index in [1.54, 1.807) is 30.5 Å². The Bertz CT molecular complexity index is 823. The van der Waals surface area contributed by atoms with Gasteiger partial charge in [0.1, 0.15) is 17.2 Å². The summed E-state index contributed by atoms with van der Waals surface area (Å²) in [5, 5.41) is 9.81. The van der Waals surface area contributed by atoms with Crippen molar-refractivity contribution >= 4 is 30.4 Å². The molecule has 1 fully saturated rings. The van der Waals surface area contributed by atoms with Crippen molar-refractivity contribution < 1.29 is 18.7 Å². The second-order valence-electron chi connectivity index (χ2n) is 6.53. The maximum Gasteiger partial charge on any atom is 0.380 e. The number of aromatic hydroxyl groups is 1. The van der Waals surface area contributed by atoms with Gasteiger partial charge in [0.15, 0.2) is 0 Å². The van der Waals surface area contributed by atoms with E-state index in [1.165, 1.54) is 0 Å². The minimum absolute atomic E-state index is 0.0719. The Morgan fingerprint density at radius 1 is 1.12 bits per heavy atom. The van der Waals surface area contributed by atoms with Gasteiger partial charge >= 0.3 is 6.72 Å². The van der Waals surface area contributed by atoms with E-state index in [0.717, 1.165) is 5.56 Å².